The van der Waals surface area contributed by atoms with E-state index in [2.05, 4.69) is 5.32 Å². The lowest BCUT2D eigenvalue weighted by molar-refractivity contribution is -0.0438. The van der Waals surface area contributed by atoms with Crippen molar-refractivity contribution in [2.45, 2.75) is 57.3 Å². The van der Waals surface area contributed by atoms with Crippen molar-refractivity contribution in [2.75, 3.05) is 13.1 Å². The number of carbonyl (C=O) groups is 2. The van der Waals surface area contributed by atoms with Crippen LogP contribution in [0.15, 0.2) is 30.3 Å². The largest absolute Gasteiger partial charge is 0.445 e. The third kappa shape index (κ3) is 4.72. The summed E-state index contributed by atoms with van der Waals surface area (Å²) in [6.45, 7) is 4.26. The van der Waals surface area contributed by atoms with Crippen molar-refractivity contribution in [3.63, 3.8) is 0 Å². The number of nitrogens with one attached hydrogen (secondary N) is 1. The van der Waals surface area contributed by atoms with Gasteiger partial charge in [0.2, 0.25) is 0 Å². The van der Waals surface area contributed by atoms with Gasteiger partial charge in [-0.3, -0.25) is 0 Å². The topological polar surface area (TPSA) is 67.9 Å². The summed E-state index contributed by atoms with van der Waals surface area (Å²) in [6.07, 6.45) is -0.635. The second kappa shape index (κ2) is 7.22. The minimum atomic E-state index is -3.11. The van der Waals surface area contributed by atoms with E-state index in [0.29, 0.717) is 12.8 Å². The zero-order chi connectivity index (χ0) is 20.6. The maximum absolute atomic E-state index is 14.7. The van der Waals surface area contributed by atoms with Crippen molar-refractivity contribution < 1.29 is 27.8 Å². The van der Waals surface area contributed by atoms with Crippen LogP contribution in [0.3, 0.4) is 0 Å². The highest BCUT2D eigenvalue weighted by Gasteiger charge is 2.64. The maximum atomic E-state index is 14.7. The summed E-state index contributed by atoms with van der Waals surface area (Å²) >= 11 is 0. The molecule has 6 nitrogen and oxygen atoms in total. The van der Waals surface area contributed by atoms with Crippen LogP contribution < -0.4 is 5.32 Å². The average Bonchev–Trinajstić information content (AvgIpc) is 3.27. The number of nitrogens with zero attached hydrogens (tertiary/aromatic N) is 1. The van der Waals surface area contributed by atoms with Gasteiger partial charge in [0.15, 0.2) is 0 Å². The molecule has 8 heteroatoms. The Hall–Kier alpha value is -2.38. The van der Waals surface area contributed by atoms with E-state index < -0.39 is 41.7 Å². The van der Waals surface area contributed by atoms with Crippen LogP contribution in [0.2, 0.25) is 0 Å². The molecule has 0 aromatic heterocycles. The number of likely N-dealkylation sites (tertiary alicyclic amines) is 1. The number of alkyl halides is 2. The van der Waals surface area contributed by atoms with Crippen LogP contribution in [0.1, 0.15) is 39.2 Å². The van der Waals surface area contributed by atoms with Gasteiger partial charge in [-0.1, -0.05) is 30.3 Å². The van der Waals surface area contributed by atoms with E-state index in [0.717, 1.165) is 10.5 Å². The number of hydrogen-bond donors (Lipinski definition) is 1. The van der Waals surface area contributed by atoms with Crippen molar-refractivity contribution in [3.8, 4) is 0 Å². The predicted molar refractivity (Wildman–Crippen MR) is 98.0 cm³/mol. The third-order valence-corrected chi connectivity index (χ3v) is 4.98. The molecule has 0 radical (unpaired) electrons. The molecular weight excluding hydrogens is 370 g/mol. The Kier molecular flexibility index (Phi) is 5.25. The Balaban J connectivity index is 1.60. The van der Waals surface area contributed by atoms with Crippen LogP contribution in [0.4, 0.5) is 18.4 Å². The van der Waals surface area contributed by atoms with E-state index in [4.69, 9.17) is 9.47 Å². The lowest BCUT2D eigenvalue weighted by Gasteiger charge is -2.29. The van der Waals surface area contributed by atoms with E-state index in [9.17, 15) is 18.4 Å². The van der Waals surface area contributed by atoms with Crippen LogP contribution >= 0.6 is 0 Å². The predicted octanol–water partition coefficient (Wildman–Crippen LogP) is 3.95. The lowest BCUT2D eigenvalue weighted by atomic mass is 9.93. The molecule has 154 valence electrons. The van der Waals surface area contributed by atoms with E-state index in [1.165, 1.54) is 0 Å². The summed E-state index contributed by atoms with van der Waals surface area (Å²) in [5.41, 5.74) is -0.977. The molecule has 1 saturated carbocycles. The average molecular weight is 396 g/mol. The number of carbonyl (C=O) groups excluding carboxylic acids is 2. The van der Waals surface area contributed by atoms with Crippen molar-refractivity contribution >= 4 is 12.2 Å². The van der Waals surface area contributed by atoms with Crippen molar-refractivity contribution in [3.05, 3.63) is 35.9 Å². The number of halogens is 2. The number of hydrogen-bond acceptors (Lipinski definition) is 4. The highest BCUT2D eigenvalue weighted by atomic mass is 19.3. The Morgan fingerprint density at radius 2 is 1.86 bits per heavy atom. The molecule has 3 rings (SSSR count). The summed E-state index contributed by atoms with van der Waals surface area (Å²) in [4.78, 5) is 25.4. The molecule has 1 heterocycles. The highest BCUT2D eigenvalue weighted by Crippen LogP contribution is 2.51. The second-order valence-corrected chi connectivity index (χ2v) is 8.52. The first-order valence-corrected chi connectivity index (χ1v) is 9.35. The molecule has 2 fully saturated rings. The monoisotopic (exact) mass is 396 g/mol. The highest BCUT2D eigenvalue weighted by molar-refractivity contribution is 5.70. The van der Waals surface area contributed by atoms with Gasteiger partial charge in [-0.25, -0.2) is 18.4 Å². The number of amides is 2. The minimum Gasteiger partial charge on any atom is -0.445 e. The van der Waals surface area contributed by atoms with Crippen LogP contribution in [0.5, 0.6) is 0 Å². The molecule has 1 saturated heterocycles. The molecule has 2 amide bonds. The quantitative estimate of drug-likeness (QED) is 0.837. The van der Waals surface area contributed by atoms with Crippen LogP contribution in [-0.2, 0) is 16.1 Å². The number of alkyl carbamates (subject to hydrolysis) is 1. The first kappa shape index (κ1) is 20.4. The summed E-state index contributed by atoms with van der Waals surface area (Å²) in [5.74, 6) is -4.28. The lowest BCUT2D eigenvalue weighted by Crippen LogP contribution is -2.50. The molecule has 1 N–H and O–H groups in total. The summed E-state index contributed by atoms with van der Waals surface area (Å²) in [7, 11) is 0. The van der Waals surface area contributed by atoms with Crippen LogP contribution in [0, 0.1) is 5.92 Å². The van der Waals surface area contributed by atoms with E-state index >= 15 is 0 Å². The molecule has 0 bridgehead atoms. The number of ether oxygens (including phenoxy) is 2. The van der Waals surface area contributed by atoms with Gasteiger partial charge >= 0.3 is 12.2 Å². The van der Waals surface area contributed by atoms with Crippen molar-refractivity contribution in [2.24, 2.45) is 5.92 Å². The Bertz CT molecular complexity index is 729. The second-order valence-electron chi connectivity index (χ2n) is 8.52. The Morgan fingerprint density at radius 1 is 1.21 bits per heavy atom. The molecule has 28 heavy (non-hydrogen) atoms. The fourth-order valence-corrected chi connectivity index (χ4v) is 3.51. The normalized spacial score (nSPS) is 22.5. The molecule has 1 aromatic rings. The molecule has 1 aliphatic carbocycles. The summed E-state index contributed by atoms with van der Waals surface area (Å²) in [6, 6.07) is 9.03. The fourth-order valence-electron chi connectivity index (χ4n) is 3.51. The van der Waals surface area contributed by atoms with E-state index in [1.54, 1.807) is 32.9 Å². The van der Waals surface area contributed by atoms with Crippen LogP contribution in [-0.4, -0.2) is 47.2 Å². The first-order valence-electron chi connectivity index (χ1n) is 9.35. The molecular formula is C20H26F2N2O4. The zero-order valence-corrected chi connectivity index (χ0v) is 16.3. The van der Waals surface area contributed by atoms with Crippen molar-refractivity contribution in [1.29, 1.82) is 0 Å². The summed E-state index contributed by atoms with van der Waals surface area (Å²) < 4.78 is 39.7. The first-order chi connectivity index (χ1) is 13.0. The maximum Gasteiger partial charge on any atom is 0.410 e. The Morgan fingerprint density at radius 3 is 2.43 bits per heavy atom. The van der Waals surface area contributed by atoms with Gasteiger partial charge in [0, 0.05) is 6.54 Å². The number of rotatable bonds is 4. The summed E-state index contributed by atoms with van der Waals surface area (Å²) in [5, 5.41) is 2.62. The van der Waals surface area contributed by atoms with E-state index in [1.807, 2.05) is 18.2 Å². The third-order valence-electron chi connectivity index (χ3n) is 4.98. The standard InChI is InChI=1S/C20H26F2N2O4/c1-18(2,3)28-16(25)23-19(9-10-19)15-11-24(13-20(15,21)22)17(26)27-12-14-7-5-4-6-8-14/h4-8,15H,9-13H2,1-3H3,(H,23,25)/t15-/m1/s1. The van der Waals surface area contributed by atoms with Gasteiger partial charge in [-0.05, 0) is 39.2 Å². The fraction of sp³-hybridized carbons (Fsp3) is 0.600. The Labute approximate surface area is 163 Å². The van der Waals surface area contributed by atoms with Gasteiger partial charge in [0.05, 0.1) is 18.0 Å². The van der Waals surface area contributed by atoms with Gasteiger partial charge in [-0.15, -0.1) is 0 Å². The molecule has 1 aliphatic heterocycles. The molecule has 0 unspecified atom stereocenters. The number of benzene rings is 1. The van der Waals surface area contributed by atoms with Gasteiger partial charge < -0.3 is 19.7 Å². The SMILES string of the molecule is CC(C)(C)OC(=O)NC1([C@H]2CN(C(=O)OCc3ccccc3)CC2(F)F)CC1. The van der Waals surface area contributed by atoms with Crippen LogP contribution in [0.25, 0.3) is 0 Å². The molecule has 1 atom stereocenters. The van der Waals surface area contributed by atoms with Gasteiger partial charge in [-0.2, -0.15) is 0 Å². The minimum absolute atomic E-state index is 0.0215. The molecule has 0 spiro atoms. The smallest absolute Gasteiger partial charge is 0.410 e. The van der Waals surface area contributed by atoms with Gasteiger partial charge in [0.25, 0.3) is 5.92 Å². The van der Waals surface area contributed by atoms with E-state index in [-0.39, 0.29) is 13.2 Å². The van der Waals surface area contributed by atoms with Crippen molar-refractivity contribution in [1.82, 2.24) is 10.2 Å². The molecule has 1 aromatic carbocycles. The van der Waals surface area contributed by atoms with Gasteiger partial charge in [0.1, 0.15) is 12.2 Å². The zero-order valence-electron chi connectivity index (χ0n) is 16.3. The molecule has 2 aliphatic rings.